The molecule has 0 unspecified atom stereocenters. The molecule has 0 spiro atoms. The second kappa shape index (κ2) is 7.86. The lowest BCUT2D eigenvalue weighted by Crippen LogP contribution is -2.38. The fraction of sp³-hybridized carbons (Fsp3) is 0.304. The van der Waals surface area contributed by atoms with Gasteiger partial charge in [0.15, 0.2) is 0 Å². The summed E-state index contributed by atoms with van der Waals surface area (Å²) in [5.41, 5.74) is 4.42. The highest BCUT2D eigenvalue weighted by Gasteiger charge is 2.36. The van der Waals surface area contributed by atoms with Gasteiger partial charge in [-0.1, -0.05) is 23.2 Å². The molecule has 154 valence electrons. The van der Waals surface area contributed by atoms with Crippen LogP contribution in [0.1, 0.15) is 35.2 Å². The van der Waals surface area contributed by atoms with Crippen LogP contribution >= 0.6 is 23.2 Å². The van der Waals surface area contributed by atoms with Crippen LogP contribution in [0.2, 0.25) is 10.0 Å². The fourth-order valence-electron chi connectivity index (χ4n) is 3.95. The van der Waals surface area contributed by atoms with E-state index in [-0.39, 0.29) is 12.0 Å². The van der Waals surface area contributed by atoms with Gasteiger partial charge in [-0.25, -0.2) is 0 Å². The smallest absolute Gasteiger partial charge is 0.306 e. The normalized spacial score (nSPS) is 18.1. The number of benzene rings is 2. The third kappa shape index (κ3) is 3.62. The lowest BCUT2D eigenvalue weighted by Gasteiger charge is -2.33. The average Bonchev–Trinajstić information content (AvgIpc) is 2.99. The van der Waals surface area contributed by atoms with E-state index in [1.807, 2.05) is 30.7 Å². The Morgan fingerprint density at radius 3 is 2.70 bits per heavy atom. The number of aryl methyl sites for hydroxylation is 2. The molecule has 1 aromatic heterocycles. The first-order chi connectivity index (χ1) is 14.3. The molecule has 0 amide bonds. The van der Waals surface area contributed by atoms with Crippen molar-refractivity contribution in [3.8, 4) is 11.8 Å². The number of carbonyl (C=O) groups is 1. The largest absolute Gasteiger partial charge is 0.489 e. The molecule has 0 aliphatic heterocycles. The Hall–Kier alpha value is -2.68. The number of hydrogen-bond acceptors (Lipinski definition) is 3. The highest BCUT2D eigenvalue weighted by molar-refractivity contribution is 6.37. The van der Waals surface area contributed by atoms with Gasteiger partial charge in [0.1, 0.15) is 11.9 Å². The zero-order chi connectivity index (χ0) is 21.6. The maximum absolute atomic E-state index is 11.0. The van der Waals surface area contributed by atoms with E-state index in [1.54, 1.807) is 12.1 Å². The summed E-state index contributed by atoms with van der Waals surface area (Å²) in [5, 5.41) is 20.4. The van der Waals surface area contributed by atoms with E-state index in [4.69, 9.17) is 33.0 Å². The Morgan fingerprint density at radius 1 is 1.30 bits per heavy atom. The van der Waals surface area contributed by atoms with Gasteiger partial charge >= 0.3 is 5.97 Å². The number of carboxylic acid groups (broad SMARTS) is 1. The molecule has 1 aliphatic rings. The maximum Gasteiger partial charge on any atom is 0.306 e. The molecule has 0 atom stereocenters. The van der Waals surface area contributed by atoms with E-state index in [0.29, 0.717) is 40.6 Å². The van der Waals surface area contributed by atoms with Crippen LogP contribution in [-0.4, -0.2) is 21.7 Å². The molecule has 1 saturated carbocycles. The molecule has 2 aromatic carbocycles. The number of fused-ring (bicyclic) bond motifs is 1. The quantitative estimate of drug-likeness (QED) is 0.565. The minimum absolute atomic E-state index is 0.151. The van der Waals surface area contributed by atoms with Gasteiger partial charge in [0.25, 0.3) is 0 Å². The van der Waals surface area contributed by atoms with Crippen molar-refractivity contribution in [1.82, 2.24) is 4.57 Å². The SMILES string of the molecule is Cc1cc(C#N)cc2c1cc(Cc1c(Cl)ccc(O[C@H]3C[C@H](C(=O)O)C3)c1Cl)n2C. The van der Waals surface area contributed by atoms with Crippen molar-refractivity contribution in [1.29, 1.82) is 5.26 Å². The van der Waals surface area contributed by atoms with Crippen molar-refractivity contribution in [3.05, 3.63) is 62.8 Å². The Bertz CT molecular complexity index is 1200. The van der Waals surface area contributed by atoms with Crippen molar-refractivity contribution in [2.24, 2.45) is 13.0 Å². The van der Waals surface area contributed by atoms with E-state index in [9.17, 15) is 10.1 Å². The first-order valence-electron chi connectivity index (χ1n) is 9.64. The molecule has 1 N–H and O–H groups in total. The second-order valence-corrected chi connectivity index (χ2v) is 8.58. The van der Waals surface area contributed by atoms with E-state index in [0.717, 1.165) is 27.7 Å². The number of aromatic nitrogens is 1. The Balaban J connectivity index is 1.64. The summed E-state index contributed by atoms with van der Waals surface area (Å²) in [4.78, 5) is 11.0. The van der Waals surface area contributed by atoms with E-state index >= 15 is 0 Å². The summed E-state index contributed by atoms with van der Waals surface area (Å²) < 4.78 is 7.99. The maximum atomic E-state index is 11.0. The zero-order valence-corrected chi connectivity index (χ0v) is 18.1. The molecule has 1 fully saturated rings. The lowest BCUT2D eigenvalue weighted by molar-refractivity contribution is -0.147. The summed E-state index contributed by atoms with van der Waals surface area (Å²) >= 11 is 13.1. The van der Waals surface area contributed by atoms with Crippen LogP contribution in [0.15, 0.2) is 30.3 Å². The minimum Gasteiger partial charge on any atom is -0.489 e. The number of nitrogens with zero attached hydrogens (tertiary/aromatic N) is 2. The van der Waals surface area contributed by atoms with Gasteiger partial charge in [0.2, 0.25) is 0 Å². The van der Waals surface area contributed by atoms with Crippen molar-refractivity contribution in [3.63, 3.8) is 0 Å². The van der Waals surface area contributed by atoms with Crippen LogP contribution < -0.4 is 4.74 Å². The Labute approximate surface area is 184 Å². The van der Waals surface area contributed by atoms with Gasteiger partial charge < -0.3 is 14.4 Å². The molecule has 0 saturated heterocycles. The monoisotopic (exact) mass is 442 g/mol. The summed E-state index contributed by atoms with van der Waals surface area (Å²) in [6.45, 7) is 1.99. The first-order valence-corrected chi connectivity index (χ1v) is 10.4. The van der Waals surface area contributed by atoms with Gasteiger partial charge in [-0.3, -0.25) is 4.79 Å². The van der Waals surface area contributed by atoms with Crippen LogP contribution in [0, 0.1) is 24.2 Å². The molecule has 30 heavy (non-hydrogen) atoms. The van der Waals surface area contributed by atoms with Crippen LogP contribution in [0.25, 0.3) is 10.9 Å². The van der Waals surface area contributed by atoms with Gasteiger partial charge in [-0.15, -0.1) is 0 Å². The molecule has 0 bridgehead atoms. The molecule has 5 nitrogen and oxygen atoms in total. The molecule has 3 aromatic rings. The van der Waals surface area contributed by atoms with Crippen molar-refractivity contribution < 1.29 is 14.6 Å². The summed E-state index contributed by atoms with van der Waals surface area (Å²) in [6, 6.07) is 11.5. The first kappa shape index (κ1) is 20.6. The minimum atomic E-state index is -0.789. The summed E-state index contributed by atoms with van der Waals surface area (Å²) in [6.07, 6.45) is 1.31. The molecular formula is C23H20Cl2N2O3. The fourth-order valence-corrected chi connectivity index (χ4v) is 4.50. The molecular weight excluding hydrogens is 423 g/mol. The molecule has 4 rings (SSSR count). The van der Waals surface area contributed by atoms with Crippen molar-refractivity contribution in [2.45, 2.75) is 32.3 Å². The van der Waals surface area contributed by atoms with Crippen LogP contribution in [-0.2, 0) is 18.3 Å². The van der Waals surface area contributed by atoms with Crippen LogP contribution in [0.5, 0.6) is 5.75 Å². The van der Waals surface area contributed by atoms with E-state index < -0.39 is 5.97 Å². The molecule has 7 heteroatoms. The van der Waals surface area contributed by atoms with Gasteiger partial charge in [-0.05, 0) is 61.2 Å². The van der Waals surface area contributed by atoms with Crippen LogP contribution in [0.3, 0.4) is 0 Å². The number of rotatable bonds is 5. The number of nitriles is 1. The van der Waals surface area contributed by atoms with Gasteiger partial charge in [-0.2, -0.15) is 5.26 Å². The molecule has 0 radical (unpaired) electrons. The Kier molecular flexibility index (Phi) is 5.40. The van der Waals surface area contributed by atoms with Crippen LogP contribution in [0.4, 0.5) is 0 Å². The summed E-state index contributed by atoms with van der Waals surface area (Å²) in [7, 11) is 1.96. The number of ether oxygens (including phenoxy) is 1. The van der Waals surface area contributed by atoms with E-state index in [1.165, 1.54) is 0 Å². The molecule has 1 heterocycles. The number of aliphatic carboxylic acids is 1. The lowest BCUT2D eigenvalue weighted by atomic mass is 9.82. The Morgan fingerprint density at radius 2 is 2.03 bits per heavy atom. The topological polar surface area (TPSA) is 75.2 Å². The van der Waals surface area contributed by atoms with Gasteiger partial charge in [0.05, 0.1) is 22.6 Å². The predicted molar refractivity (Wildman–Crippen MR) is 116 cm³/mol. The van der Waals surface area contributed by atoms with Crippen molar-refractivity contribution >= 4 is 40.1 Å². The van der Waals surface area contributed by atoms with E-state index in [2.05, 4.69) is 12.1 Å². The highest BCUT2D eigenvalue weighted by Crippen LogP contribution is 2.39. The predicted octanol–water partition coefficient (Wildman–Crippen LogP) is 5.50. The summed E-state index contributed by atoms with van der Waals surface area (Å²) in [5.74, 6) is -0.618. The van der Waals surface area contributed by atoms with Crippen molar-refractivity contribution in [2.75, 3.05) is 0 Å². The van der Waals surface area contributed by atoms with Gasteiger partial charge in [0, 0.05) is 35.1 Å². The second-order valence-electron chi connectivity index (χ2n) is 7.79. The third-order valence-electron chi connectivity index (χ3n) is 5.84. The third-order valence-corrected chi connectivity index (χ3v) is 6.61. The molecule has 1 aliphatic carbocycles. The zero-order valence-electron chi connectivity index (χ0n) is 16.6. The number of halogens is 2. The standard InChI is InChI=1S/C23H20Cl2N2O3/c1-12-5-13(11-26)6-20-17(12)9-15(27(20)2)10-18-19(24)3-4-21(22(18)25)30-16-7-14(8-16)23(28)29/h3-6,9,14,16H,7-8,10H2,1-2H3,(H,28,29)/t14-,16-. The number of carboxylic acids is 1. The highest BCUT2D eigenvalue weighted by atomic mass is 35.5. The average molecular weight is 443 g/mol. The number of hydrogen-bond donors (Lipinski definition) is 1.